The molecule has 0 fully saturated rings. The zero-order valence-corrected chi connectivity index (χ0v) is 9.44. The topological polar surface area (TPSA) is 21.3 Å². The molecule has 13 heavy (non-hydrogen) atoms. The van der Waals surface area contributed by atoms with Gasteiger partial charge in [-0.25, -0.2) is 0 Å². The van der Waals surface area contributed by atoms with Gasteiger partial charge in [0.15, 0.2) is 0 Å². The van der Waals surface area contributed by atoms with Gasteiger partial charge in [0, 0.05) is 19.8 Å². The highest BCUT2D eigenvalue weighted by atomic mass is 16.5. The van der Waals surface area contributed by atoms with Crippen LogP contribution in [0.4, 0.5) is 0 Å². The number of hydrogen-bond acceptors (Lipinski definition) is 2. The first-order chi connectivity index (χ1) is 6.35. The lowest BCUT2D eigenvalue weighted by molar-refractivity contribution is 0.191. The molecule has 2 heteroatoms. The second-order valence-corrected chi connectivity index (χ2v) is 3.59. The lowest BCUT2D eigenvalue weighted by atomic mass is 10.1. The van der Waals surface area contributed by atoms with Crippen molar-refractivity contribution >= 4 is 0 Å². The Morgan fingerprint density at radius 2 is 1.85 bits per heavy atom. The van der Waals surface area contributed by atoms with Crippen LogP contribution < -0.4 is 5.32 Å². The first-order valence-corrected chi connectivity index (χ1v) is 5.51. The van der Waals surface area contributed by atoms with E-state index in [2.05, 4.69) is 19.3 Å². The van der Waals surface area contributed by atoms with E-state index in [4.69, 9.17) is 4.74 Å². The Bertz CT molecular complexity index is 92.1. The third-order valence-corrected chi connectivity index (χ3v) is 2.55. The monoisotopic (exact) mass is 187 g/mol. The molecule has 0 saturated heterocycles. The van der Waals surface area contributed by atoms with Gasteiger partial charge in [0.05, 0.1) is 0 Å². The van der Waals surface area contributed by atoms with Crippen LogP contribution in [-0.2, 0) is 4.74 Å². The highest BCUT2D eigenvalue weighted by Crippen LogP contribution is 2.07. The van der Waals surface area contributed by atoms with Crippen molar-refractivity contribution < 1.29 is 4.74 Å². The number of rotatable bonds is 9. The van der Waals surface area contributed by atoms with E-state index in [1.165, 1.54) is 38.5 Å². The fourth-order valence-corrected chi connectivity index (χ4v) is 1.54. The Hall–Kier alpha value is -0.0800. The first-order valence-electron chi connectivity index (χ1n) is 5.51. The molecule has 0 aliphatic heterocycles. The smallest absolute Gasteiger partial charge is 0.0462 e. The average Bonchev–Trinajstić information content (AvgIpc) is 2.17. The van der Waals surface area contributed by atoms with Gasteiger partial charge in [-0.15, -0.1) is 0 Å². The van der Waals surface area contributed by atoms with Crippen LogP contribution in [-0.4, -0.2) is 26.8 Å². The molecule has 80 valence electrons. The molecule has 0 aliphatic rings. The maximum Gasteiger partial charge on any atom is 0.0462 e. The molecule has 0 radical (unpaired) electrons. The summed E-state index contributed by atoms with van der Waals surface area (Å²) in [6.07, 6.45) is 7.79. The molecule has 2 nitrogen and oxygen atoms in total. The summed E-state index contributed by atoms with van der Waals surface area (Å²) in [7, 11) is 3.83. The zero-order chi connectivity index (χ0) is 9.94. The van der Waals surface area contributed by atoms with Crippen LogP contribution in [0.1, 0.15) is 45.4 Å². The van der Waals surface area contributed by atoms with Crippen molar-refractivity contribution in [1.82, 2.24) is 5.32 Å². The van der Waals surface area contributed by atoms with Gasteiger partial charge in [-0.05, 0) is 26.3 Å². The minimum Gasteiger partial charge on any atom is -0.385 e. The van der Waals surface area contributed by atoms with Gasteiger partial charge >= 0.3 is 0 Å². The summed E-state index contributed by atoms with van der Waals surface area (Å²) in [5.74, 6) is 0. The molecule has 0 aromatic carbocycles. The molecule has 1 unspecified atom stereocenters. The molecule has 0 saturated carbocycles. The zero-order valence-electron chi connectivity index (χ0n) is 9.44. The maximum absolute atomic E-state index is 5.00. The van der Waals surface area contributed by atoms with Crippen LogP contribution in [0.25, 0.3) is 0 Å². The molecule has 0 rings (SSSR count). The SMILES string of the molecule is CCC(CCCCCCOC)NC. The summed E-state index contributed by atoms with van der Waals surface area (Å²) in [5, 5.41) is 3.33. The fraction of sp³-hybridized carbons (Fsp3) is 1.00. The lowest BCUT2D eigenvalue weighted by Gasteiger charge is -2.12. The molecular weight excluding hydrogens is 162 g/mol. The average molecular weight is 187 g/mol. The minimum atomic E-state index is 0.724. The fourth-order valence-electron chi connectivity index (χ4n) is 1.54. The summed E-state index contributed by atoms with van der Waals surface area (Å²) in [6.45, 7) is 3.16. The Kier molecular flexibility index (Phi) is 9.94. The molecule has 0 aromatic rings. The van der Waals surface area contributed by atoms with E-state index < -0.39 is 0 Å². The Balaban J connectivity index is 3.05. The molecular formula is C11H25NO. The molecule has 0 amide bonds. The van der Waals surface area contributed by atoms with Crippen molar-refractivity contribution in [2.24, 2.45) is 0 Å². The van der Waals surface area contributed by atoms with E-state index in [-0.39, 0.29) is 0 Å². The number of nitrogens with one attached hydrogen (secondary N) is 1. The van der Waals surface area contributed by atoms with Crippen molar-refractivity contribution in [2.75, 3.05) is 20.8 Å². The van der Waals surface area contributed by atoms with Gasteiger partial charge in [-0.1, -0.05) is 26.2 Å². The van der Waals surface area contributed by atoms with Crippen LogP contribution in [0.2, 0.25) is 0 Å². The van der Waals surface area contributed by atoms with E-state index >= 15 is 0 Å². The number of unbranched alkanes of at least 4 members (excludes halogenated alkanes) is 3. The van der Waals surface area contributed by atoms with Gasteiger partial charge in [-0.3, -0.25) is 0 Å². The van der Waals surface area contributed by atoms with E-state index in [1.807, 2.05) is 0 Å². The first kappa shape index (κ1) is 12.9. The molecule has 1 atom stereocenters. The van der Waals surface area contributed by atoms with Crippen LogP contribution in [0.5, 0.6) is 0 Å². The summed E-state index contributed by atoms with van der Waals surface area (Å²) in [6, 6.07) is 0.724. The van der Waals surface area contributed by atoms with Crippen molar-refractivity contribution in [1.29, 1.82) is 0 Å². The second-order valence-electron chi connectivity index (χ2n) is 3.59. The molecule has 0 spiro atoms. The molecule has 0 aliphatic carbocycles. The van der Waals surface area contributed by atoms with Gasteiger partial charge in [0.2, 0.25) is 0 Å². The Labute approximate surface area is 83.1 Å². The van der Waals surface area contributed by atoms with Crippen molar-refractivity contribution in [3.8, 4) is 0 Å². The number of hydrogen-bond donors (Lipinski definition) is 1. The van der Waals surface area contributed by atoms with Crippen molar-refractivity contribution in [2.45, 2.75) is 51.5 Å². The predicted molar refractivity (Wildman–Crippen MR) is 58.1 cm³/mol. The van der Waals surface area contributed by atoms with Crippen LogP contribution >= 0.6 is 0 Å². The molecule has 0 heterocycles. The van der Waals surface area contributed by atoms with Gasteiger partial charge < -0.3 is 10.1 Å². The number of methoxy groups -OCH3 is 1. The summed E-state index contributed by atoms with van der Waals surface area (Å²) < 4.78 is 5.00. The standard InChI is InChI=1S/C11H25NO/c1-4-11(12-2)9-7-5-6-8-10-13-3/h11-12H,4-10H2,1-3H3. The van der Waals surface area contributed by atoms with Crippen molar-refractivity contribution in [3.05, 3.63) is 0 Å². The number of ether oxygens (including phenoxy) is 1. The van der Waals surface area contributed by atoms with Crippen LogP contribution in [0.3, 0.4) is 0 Å². The van der Waals surface area contributed by atoms with E-state index in [9.17, 15) is 0 Å². The third-order valence-electron chi connectivity index (χ3n) is 2.55. The molecule has 0 bridgehead atoms. The normalized spacial score (nSPS) is 13.2. The summed E-state index contributed by atoms with van der Waals surface area (Å²) >= 11 is 0. The quantitative estimate of drug-likeness (QED) is 0.560. The second kappa shape index (κ2) is 10.0. The van der Waals surface area contributed by atoms with E-state index in [1.54, 1.807) is 7.11 Å². The lowest BCUT2D eigenvalue weighted by Crippen LogP contribution is -2.23. The highest BCUT2D eigenvalue weighted by Gasteiger charge is 2.01. The summed E-state index contributed by atoms with van der Waals surface area (Å²) in [4.78, 5) is 0. The molecule has 1 N–H and O–H groups in total. The van der Waals surface area contributed by atoms with Crippen LogP contribution in [0, 0.1) is 0 Å². The minimum absolute atomic E-state index is 0.724. The van der Waals surface area contributed by atoms with Gasteiger partial charge in [0.1, 0.15) is 0 Å². The van der Waals surface area contributed by atoms with E-state index in [0.29, 0.717) is 0 Å². The maximum atomic E-state index is 5.00. The van der Waals surface area contributed by atoms with Crippen LogP contribution in [0.15, 0.2) is 0 Å². The third kappa shape index (κ3) is 8.26. The van der Waals surface area contributed by atoms with Gasteiger partial charge in [0.25, 0.3) is 0 Å². The highest BCUT2D eigenvalue weighted by molar-refractivity contribution is 4.61. The molecule has 0 aromatic heterocycles. The summed E-state index contributed by atoms with van der Waals surface area (Å²) in [5.41, 5.74) is 0. The Morgan fingerprint density at radius 3 is 2.38 bits per heavy atom. The van der Waals surface area contributed by atoms with E-state index in [0.717, 1.165) is 12.6 Å². The van der Waals surface area contributed by atoms with Gasteiger partial charge in [-0.2, -0.15) is 0 Å². The largest absolute Gasteiger partial charge is 0.385 e. The Morgan fingerprint density at radius 1 is 1.15 bits per heavy atom. The van der Waals surface area contributed by atoms with Crippen molar-refractivity contribution in [3.63, 3.8) is 0 Å². The predicted octanol–water partition coefficient (Wildman–Crippen LogP) is 2.58.